The standard InChI is InChI=1S/C24H21N3O6/c28-20-10-5-11-25-22(20)27-23(31)19(12-21(29)30)26-24(32)33-13-18-16-8-3-1-6-14(16)15-7-2-4-9-17(15)18/h1-11,18-19,28H,12-13H2,(H,26,32)(H,29,30)(H,25,27,31). The van der Waals surface area contributed by atoms with E-state index in [9.17, 15) is 19.5 Å². The quantitative estimate of drug-likeness (QED) is 0.437. The highest BCUT2D eigenvalue weighted by Crippen LogP contribution is 2.44. The Labute approximate surface area is 189 Å². The minimum Gasteiger partial charge on any atom is -0.504 e. The summed E-state index contributed by atoms with van der Waals surface area (Å²) < 4.78 is 5.39. The highest BCUT2D eigenvalue weighted by molar-refractivity contribution is 5.98. The molecule has 0 fully saturated rings. The van der Waals surface area contributed by atoms with Gasteiger partial charge in [-0.15, -0.1) is 0 Å². The van der Waals surface area contributed by atoms with Crippen LogP contribution in [-0.4, -0.2) is 45.8 Å². The summed E-state index contributed by atoms with van der Waals surface area (Å²) in [5, 5.41) is 23.5. The summed E-state index contributed by atoms with van der Waals surface area (Å²) in [6.07, 6.45) is -0.257. The van der Waals surface area contributed by atoms with E-state index < -0.39 is 30.4 Å². The predicted molar refractivity (Wildman–Crippen MR) is 119 cm³/mol. The number of aromatic nitrogens is 1. The van der Waals surface area contributed by atoms with Crippen molar-refractivity contribution in [3.63, 3.8) is 0 Å². The monoisotopic (exact) mass is 447 g/mol. The van der Waals surface area contributed by atoms with Crippen LogP contribution in [0.2, 0.25) is 0 Å². The van der Waals surface area contributed by atoms with Crippen LogP contribution >= 0.6 is 0 Å². The number of hydrogen-bond donors (Lipinski definition) is 4. The normalized spacial score (nSPS) is 12.8. The van der Waals surface area contributed by atoms with Gasteiger partial charge in [-0.3, -0.25) is 9.59 Å². The molecule has 4 N–H and O–H groups in total. The van der Waals surface area contributed by atoms with Crippen LogP contribution in [0.15, 0.2) is 66.9 Å². The summed E-state index contributed by atoms with van der Waals surface area (Å²) in [5.74, 6) is -2.76. The first-order chi connectivity index (χ1) is 15.9. The molecule has 1 unspecified atom stereocenters. The fourth-order valence-corrected chi connectivity index (χ4v) is 3.86. The van der Waals surface area contributed by atoms with Crippen LogP contribution in [0.5, 0.6) is 5.75 Å². The number of rotatable bonds is 7. The van der Waals surface area contributed by atoms with E-state index in [0.717, 1.165) is 22.3 Å². The van der Waals surface area contributed by atoms with Gasteiger partial charge in [-0.05, 0) is 34.4 Å². The van der Waals surface area contributed by atoms with Crippen LogP contribution in [0.4, 0.5) is 10.6 Å². The number of aromatic hydroxyl groups is 1. The molecule has 9 nitrogen and oxygen atoms in total. The zero-order valence-corrected chi connectivity index (χ0v) is 17.4. The van der Waals surface area contributed by atoms with Crippen molar-refractivity contribution in [2.45, 2.75) is 18.4 Å². The van der Waals surface area contributed by atoms with Crippen LogP contribution in [0.25, 0.3) is 11.1 Å². The summed E-state index contributed by atoms with van der Waals surface area (Å²) in [5.41, 5.74) is 4.19. The number of carbonyl (C=O) groups excluding carboxylic acids is 2. The van der Waals surface area contributed by atoms with Crippen molar-refractivity contribution in [1.29, 1.82) is 0 Å². The summed E-state index contributed by atoms with van der Waals surface area (Å²) in [4.78, 5) is 40.0. The van der Waals surface area contributed by atoms with Gasteiger partial charge in [0.2, 0.25) is 5.91 Å². The van der Waals surface area contributed by atoms with Crippen molar-refractivity contribution in [2.75, 3.05) is 11.9 Å². The molecule has 4 rings (SSSR count). The van der Waals surface area contributed by atoms with Crippen molar-refractivity contribution >= 4 is 23.8 Å². The molecular formula is C24H21N3O6. The molecule has 33 heavy (non-hydrogen) atoms. The number of carboxylic acids is 1. The highest BCUT2D eigenvalue weighted by atomic mass is 16.5. The van der Waals surface area contributed by atoms with E-state index in [1.165, 1.54) is 18.3 Å². The van der Waals surface area contributed by atoms with E-state index >= 15 is 0 Å². The molecule has 0 saturated carbocycles. The number of carbonyl (C=O) groups is 3. The second-order valence-electron chi connectivity index (χ2n) is 7.48. The summed E-state index contributed by atoms with van der Waals surface area (Å²) in [6.45, 7) is 0.0162. The number of ether oxygens (including phenoxy) is 1. The Morgan fingerprint density at radius 3 is 2.21 bits per heavy atom. The molecule has 0 saturated heterocycles. The molecule has 1 atom stereocenters. The number of fused-ring (bicyclic) bond motifs is 3. The Hall–Kier alpha value is -4.40. The van der Waals surface area contributed by atoms with E-state index in [2.05, 4.69) is 15.6 Å². The lowest BCUT2D eigenvalue weighted by Crippen LogP contribution is -2.45. The van der Waals surface area contributed by atoms with Crippen molar-refractivity contribution in [3.05, 3.63) is 78.0 Å². The van der Waals surface area contributed by atoms with E-state index in [1.807, 2.05) is 48.5 Å². The van der Waals surface area contributed by atoms with Crippen molar-refractivity contribution in [1.82, 2.24) is 10.3 Å². The third kappa shape index (κ3) is 4.77. The predicted octanol–water partition coefficient (Wildman–Crippen LogP) is 3.11. The number of anilines is 1. The molecule has 2 aromatic carbocycles. The van der Waals surface area contributed by atoms with E-state index in [4.69, 9.17) is 9.84 Å². The van der Waals surface area contributed by atoms with Crippen molar-refractivity contribution < 1.29 is 29.3 Å². The minimum atomic E-state index is -1.43. The number of amides is 2. The Kier molecular flexibility index (Phi) is 6.21. The number of nitrogens with zero attached hydrogens (tertiary/aromatic N) is 1. The van der Waals surface area contributed by atoms with E-state index in [1.54, 1.807) is 0 Å². The average Bonchev–Trinajstić information content (AvgIpc) is 3.12. The Balaban J connectivity index is 1.43. The van der Waals surface area contributed by atoms with Gasteiger partial charge >= 0.3 is 12.1 Å². The van der Waals surface area contributed by atoms with Gasteiger partial charge < -0.3 is 25.6 Å². The van der Waals surface area contributed by atoms with Crippen LogP contribution < -0.4 is 10.6 Å². The number of benzene rings is 2. The molecule has 168 valence electrons. The molecule has 1 aliphatic carbocycles. The summed E-state index contributed by atoms with van der Waals surface area (Å²) in [6, 6.07) is 17.0. The van der Waals surface area contributed by atoms with Crippen LogP contribution in [-0.2, 0) is 14.3 Å². The second-order valence-corrected chi connectivity index (χ2v) is 7.48. The van der Waals surface area contributed by atoms with Gasteiger partial charge in [0.05, 0.1) is 6.42 Å². The van der Waals surface area contributed by atoms with Gasteiger partial charge in [0.1, 0.15) is 12.6 Å². The maximum atomic E-state index is 12.5. The third-order valence-corrected chi connectivity index (χ3v) is 5.36. The number of nitrogens with one attached hydrogen (secondary N) is 2. The topological polar surface area (TPSA) is 138 Å². The van der Waals surface area contributed by atoms with Gasteiger partial charge in [0.15, 0.2) is 11.6 Å². The van der Waals surface area contributed by atoms with Crippen molar-refractivity contribution in [2.24, 2.45) is 0 Å². The minimum absolute atomic E-state index is 0.0162. The molecule has 0 radical (unpaired) electrons. The third-order valence-electron chi connectivity index (χ3n) is 5.36. The number of alkyl carbamates (subject to hydrolysis) is 1. The van der Waals surface area contributed by atoms with Crippen molar-refractivity contribution in [3.8, 4) is 16.9 Å². The molecule has 1 heterocycles. The Morgan fingerprint density at radius 1 is 0.970 bits per heavy atom. The van der Waals surface area contributed by atoms with Crippen LogP contribution in [0.1, 0.15) is 23.5 Å². The molecule has 9 heteroatoms. The van der Waals surface area contributed by atoms with Gasteiger partial charge in [0, 0.05) is 12.1 Å². The van der Waals surface area contributed by atoms with Crippen LogP contribution in [0.3, 0.4) is 0 Å². The number of aliphatic carboxylic acids is 1. The fraction of sp³-hybridized carbons (Fsp3) is 0.167. The molecule has 1 aromatic heterocycles. The Morgan fingerprint density at radius 2 is 1.61 bits per heavy atom. The van der Waals surface area contributed by atoms with Gasteiger partial charge in [-0.2, -0.15) is 0 Å². The maximum Gasteiger partial charge on any atom is 0.407 e. The van der Waals surface area contributed by atoms with E-state index in [-0.39, 0.29) is 24.1 Å². The second kappa shape index (κ2) is 9.39. The number of pyridine rings is 1. The smallest absolute Gasteiger partial charge is 0.407 e. The highest BCUT2D eigenvalue weighted by Gasteiger charge is 2.30. The lowest BCUT2D eigenvalue weighted by Gasteiger charge is -2.18. The molecule has 2 amide bonds. The average molecular weight is 447 g/mol. The zero-order valence-electron chi connectivity index (χ0n) is 17.4. The van der Waals surface area contributed by atoms with Gasteiger partial charge in [0.25, 0.3) is 0 Å². The molecule has 0 spiro atoms. The fourth-order valence-electron chi connectivity index (χ4n) is 3.86. The molecule has 0 bridgehead atoms. The SMILES string of the molecule is O=C(O)CC(NC(=O)OCC1c2ccccc2-c2ccccc21)C(=O)Nc1ncccc1O. The Bertz CT molecular complexity index is 1170. The lowest BCUT2D eigenvalue weighted by atomic mass is 9.98. The lowest BCUT2D eigenvalue weighted by molar-refractivity contribution is -0.139. The largest absolute Gasteiger partial charge is 0.504 e. The first-order valence-corrected chi connectivity index (χ1v) is 10.2. The van der Waals surface area contributed by atoms with E-state index in [0.29, 0.717) is 0 Å². The molecule has 3 aromatic rings. The number of hydrogen-bond acceptors (Lipinski definition) is 6. The first kappa shape index (κ1) is 21.8. The zero-order chi connectivity index (χ0) is 23.4. The van der Waals surface area contributed by atoms with Crippen LogP contribution in [0, 0.1) is 0 Å². The molecular weight excluding hydrogens is 426 g/mol. The van der Waals surface area contributed by atoms with Gasteiger partial charge in [-0.1, -0.05) is 48.5 Å². The first-order valence-electron chi connectivity index (χ1n) is 10.2. The molecule has 1 aliphatic rings. The molecule has 0 aliphatic heterocycles. The summed E-state index contributed by atoms with van der Waals surface area (Å²) >= 11 is 0. The summed E-state index contributed by atoms with van der Waals surface area (Å²) in [7, 11) is 0. The number of carboxylic acid groups (broad SMARTS) is 1. The maximum absolute atomic E-state index is 12.5. The van der Waals surface area contributed by atoms with Gasteiger partial charge in [-0.25, -0.2) is 9.78 Å².